The average molecular weight is 639 g/mol. The molecule has 12 heteroatoms. The first-order valence-corrected chi connectivity index (χ1v) is 15.7. The first-order chi connectivity index (χ1) is 21.9. The van der Waals surface area contributed by atoms with E-state index in [-0.39, 0.29) is 44.4 Å². The largest absolute Gasteiger partial charge is 0.489 e. The molecule has 2 N–H and O–H groups in total. The first-order valence-electron chi connectivity index (χ1n) is 15.7. The molecule has 2 aliphatic rings. The number of fused-ring (bicyclic) bond motifs is 1. The Kier molecular flexibility index (Phi) is 12.1. The molecule has 250 valence electrons. The van der Waals surface area contributed by atoms with Gasteiger partial charge in [-0.25, -0.2) is 0 Å². The summed E-state index contributed by atoms with van der Waals surface area (Å²) in [5.41, 5.74) is 8.16. The number of ether oxygens (including phenoxy) is 4. The Balaban J connectivity index is 1.37. The summed E-state index contributed by atoms with van der Waals surface area (Å²) in [4.78, 5) is 55.5. The molecule has 12 nitrogen and oxygen atoms in total. The van der Waals surface area contributed by atoms with Gasteiger partial charge in [-0.2, -0.15) is 0 Å². The highest BCUT2D eigenvalue weighted by Crippen LogP contribution is 2.33. The smallest absolute Gasteiger partial charge is 0.320 e. The number of hydrogen-bond acceptors (Lipinski definition) is 10. The van der Waals surface area contributed by atoms with Crippen molar-refractivity contribution < 1.29 is 38.1 Å². The molecule has 46 heavy (non-hydrogen) atoms. The third-order valence-corrected chi connectivity index (χ3v) is 7.94. The number of nitrogens with two attached hydrogens (primary N) is 1. The van der Waals surface area contributed by atoms with Crippen molar-refractivity contribution in [2.75, 3.05) is 53.0 Å². The SMILES string of the molecule is COC(=O)CCC(C(N)=O)N1Cc2c(OCc3ccc(CN(CCN4CCOCC4)CC(=O)OC(C)(C)C)cc3)cccc2C1=O. The number of amides is 2. The normalized spacial score (nSPS) is 15.8. The van der Waals surface area contributed by atoms with E-state index in [0.717, 1.165) is 50.5 Å². The molecular formula is C34H46N4O8. The van der Waals surface area contributed by atoms with Crippen LogP contribution in [-0.2, 0) is 48.3 Å². The van der Waals surface area contributed by atoms with E-state index in [1.807, 2.05) is 45.0 Å². The van der Waals surface area contributed by atoms with Gasteiger partial charge in [0.25, 0.3) is 5.91 Å². The van der Waals surface area contributed by atoms with E-state index in [2.05, 4.69) is 14.5 Å². The highest BCUT2D eigenvalue weighted by atomic mass is 16.6. The molecule has 2 amide bonds. The maximum atomic E-state index is 13.2. The standard InChI is InChI=1S/C34H46N4O8/c1-34(2,3)46-31(40)22-37(15-14-36-16-18-44-19-17-36)20-24-8-10-25(11-9-24)23-45-29-7-5-6-26-27(29)21-38(33(26)42)28(32(35)41)12-13-30(39)43-4/h5-11,28H,12-23H2,1-4H3,(H2,35,41). The Morgan fingerprint density at radius 3 is 2.37 bits per heavy atom. The van der Waals surface area contributed by atoms with E-state index in [1.54, 1.807) is 18.2 Å². The van der Waals surface area contributed by atoms with Gasteiger partial charge in [-0.1, -0.05) is 30.3 Å². The Morgan fingerprint density at radius 1 is 1.02 bits per heavy atom. The summed E-state index contributed by atoms with van der Waals surface area (Å²) in [5.74, 6) is -1.20. The second-order valence-corrected chi connectivity index (χ2v) is 12.6. The van der Waals surface area contributed by atoms with Gasteiger partial charge in [0.1, 0.15) is 24.0 Å². The predicted octanol–water partition coefficient (Wildman–Crippen LogP) is 2.50. The monoisotopic (exact) mass is 638 g/mol. The van der Waals surface area contributed by atoms with E-state index in [0.29, 0.717) is 23.4 Å². The van der Waals surface area contributed by atoms with Crippen LogP contribution in [-0.4, -0.2) is 103 Å². The topological polar surface area (TPSA) is 141 Å². The van der Waals surface area contributed by atoms with Gasteiger partial charge >= 0.3 is 11.9 Å². The summed E-state index contributed by atoms with van der Waals surface area (Å²) < 4.78 is 21.9. The van der Waals surface area contributed by atoms with Crippen LogP contribution < -0.4 is 10.5 Å². The Bertz CT molecular complexity index is 1370. The summed E-state index contributed by atoms with van der Waals surface area (Å²) in [6.07, 6.45) is 0.0446. The Labute approximate surface area is 270 Å². The quantitative estimate of drug-likeness (QED) is 0.289. The highest BCUT2D eigenvalue weighted by Gasteiger charge is 2.37. The molecule has 0 aliphatic carbocycles. The van der Waals surface area contributed by atoms with Crippen molar-refractivity contribution in [3.05, 3.63) is 64.7 Å². The van der Waals surface area contributed by atoms with E-state index < -0.39 is 23.5 Å². The van der Waals surface area contributed by atoms with Crippen LogP contribution in [0.1, 0.15) is 60.7 Å². The van der Waals surface area contributed by atoms with Gasteiger partial charge in [-0.15, -0.1) is 0 Å². The molecule has 2 heterocycles. The van der Waals surface area contributed by atoms with Crippen molar-refractivity contribution in [1.29, 1.82) is 0 Å². The van der Waals surface area contributed by atoms with Crippen molar-refractivity contribution in [3.8, 4) is 5.75 Å². The van der Waals surface area contributed by atoms with Gasteiger partial charge in [-0.3, -0.25) is 29.0 Å². The second kappa shape index (κ2) is 16.0. The summed E-state index contributed by atoms with van der Waals surface area (Å²) in [5, 5.41) is 0. The Hall–Kier alpha value is -4.00. The minimum atomic E-state index is -0.942. The van der Waals surface area contributed by atoms with E-state index in [1.165, 1.54) is 12.0 Å². The predicted molar refractivity (Wildman–Crippen MR) is 170 cm³/mol. The molecule has 4 rings (SSSR count). The lowest BCUT2D eigenvalue weighted by Crippen LogP contribution is -2.45. The second-order valence-electron chi connectivity index (χ2n) is 12.6. The van der Waals surface area contributed by atoms with Gasteiger partial charge in [0.2, 0.25) is 5.91 Å². The molecule has 1 unspecified atom stereocenters. The van der Waals surface area contributed by atoms with Crippen molar-refractivity contribution in [2.24, 2.45) is 5.73 Å². The van der Waals surface area contributed by atoms with Crippen LogP contribution in [0.25, 0.3) is 0 Å². The van der Waals surface area contributed by atoms with Gasteiger partial charge in [0, 0.05) is 50.3 Å². The molecule has 2 aromatic carbocycles. The van der Waals surface area contributed by atoms with E-state index >= 15 is 0 Å². The highest BCUT2D eigenvalue weighted by molar-refractivity contribution is 6.01. The lowest BCUT2D eigenvalue weighted by Gasteiger charge is -2.30. The number of hydrogen-bond donors (Lipinski definition) is 1. The first kappa shape index (κ1) is 34.9. The maximum absolute atomic E-state index is 13.2. The molecule has 0 aromatic heterocycles. The number of carbonyl (C=O) groups is 4. The summed E-state index contributed by atoms with van der Waals surface area (Å²) in [7, 11) is 1.27. The summed E-state index contributed by atoms with van der Waals surface area (Å²) >= 11 is 0. The zero-order valence-electron chi connectivity index (χ0n) is 27.3. The minimum Gasteiger partial charge on any atom is -0.489 e. The fraction of sp³-hybridized carbons (Fsp3) is 0.529. The van der Waals surface area contributed by atoms with Crippen LogP contribution in [0.15, 0.2) is 42.5 Å². The van der Waals surface area contributed by atoms with Crippen LogP contribution >= 0.6 is 0 Å². The molecule has 1 atom stereocenters. The van der Waals surface area contributed by atoms with E-state index in [4.69, 9.17) is 19.9 Å². The number of carbonyl (C=O) groups excluding carboxylic acids is 4. The van der Waals surface area contributed by atoms with Crippen LogP contribution in [0.3, 0.4) is 0 Å². The molecule has 0 spiro atoms. The van der Waals surface area contributed by atoms with Gasteiger partial charge < -0.3 is 29.6 Å². The molecule has 1 saturated heterocycles. The number of esters is 2. The fourth-order valence-electron chi connectivity index (χ4n) is 5.56. The van der Waals surface area contributed by atoms with Crippen LogP contribution in [0.4, 0.5) is 0 Å². The summed E-state index contributed by atoms with van der Waals surface area (Å²) in [6, 6.07) is 12.3. The van der Waals surface area contributed by atoms with Crippen LogP contribution in [0, 0.1) is 0 Å². The van der Waals surface area contributed by atoms with Crippen LogP contribution in [0.5, 0.6) is 5.75 Å². The Morgan fingerprint density at radius 2 is 1.72 bits per heavy atom. The maximum Gasteiger partial charge on any atom is 0.320 e. The van der Waals surface area contributed by atoms with Crippen LogP contribution in [0.2, 0.25) is 0 Å². The number of benzene rings is 2. The molecule has 2 aliphatic heterocycles. The van der Waals surface area contributed by atoms with Crippen molar-refractivity contribution in [1.82, 2.24) is 14.7 Å². The number of primary amides is 1. The summed E-state index contributed by atoms with van der Waals surface area (Å²) in [6.45, 7) is 11.6. The van der Waals surface area contributed by atoms with Crippen molar-refractivity contribution >= 4 is 23.8 Å². The lowest BCUT2D eigenvalue weighted by molar-refractivity contribution is -0.156. The van der Waals surface area contributed by atoms with Crippen molar-refractivity contribution in [2.45, 2.75) is 65.0 Å². The minimum absolute atomic E-state index is 0.0315. The van der Waals surface area contributed by atoms with Crippen molar-refractivity contribution in [3.63, 3.8) is 0 Å². The molecule has 0 bridgehead atoms. The molecule has 0 radical (unpaired) electrons. The molecular weight excluding hydrogens is 592 g/mol. The van der Waals surface area contributed by atoms with Gasteiger partial charge in [0.15, 0.2) is 0 Å². The van der Waals surface area contributed by atoms with E-state index in [9.17, 15) is 19.2 Å². The molecule has 2 aromatic rings. The average Bonchev–Trinajstić information content (AvgIpc) is 3.35. The lowest BCUT2D eigenvalue weighted by atomic mass is 10.1. The third kappa shape index (κ3) is 10.0. The number of nitrogens with zero attached hydrogens (tertiary/aromatic N) is 3. The molecule has 1 fully saturated rings. The third-order valence-electron chi connectivity index (χ3n) is 7.94. The van der Waals surface area contributed by atoms with Gasteiger partial charge in [-0.05, 0) is 50.5 Å². The fourth-order valence-corrected chi connectivity index (χ4v) is 5.56. The number of methoxy groups -OCH3 is 1. The zero-order valence-corrected chi connectivity index (χ0v) is 27.3. The number of morpholine rings is 1. The molecule has 0 saturated carbocycles. The number of rotatable bonds is 15. The van der Waals surface area contributed by atoms with Gasteiger partial charge in [0.05, 0.1) is 33.4 Å². The zero-order chi connectivity index (χ0) is 33.3.